The van der Waals surface area contributed by atoms with E-state index < -0.39 is 11.9 Å². The van der Waals surface area contributed by atoms with Crippen molar-refractivity contribution in [2.75, 3.05) is 46.6 Å². The highest BCUT2D eigenvalue weighted by molar-refractivity contribution is 5.79. The van der Waals surface area contributed by atoms with Crippen LogP contribution in [0.1, 0.15) is 50.5 Å². The molecular formula is C28H41N5O6. The summed E-state index contributed by atoms with van der Waals surface area (Å²) >= 11 is 0. The van der Waals surface area contributed by atoms with Gasteiger partial charge in [0.2, 0.25) is 18.4 Å². The number of amides is 1. The van der Waals surface area contributed by atoms with Crippen LogP contribution in [-0.4, -0.2) is 89.2 Å². The number of unbranched alkanes of at least 4 members (excludes halogenated alkanes) is 2. The van der Waals surface area contributed by atoms with Crippen molar-refractivity contribution < 1.29 is 28.9 Å². The van der Waals surface area contributed by atoms with Crippen molar-refractivity contribution in [2.24, 2.45) is 11.7 Å². The summed E-state index contributed by atoms with van der Waals surface area (Å²) in [6, 6.07) is 5.18. The summed E-state index contributed by atoms with van der Waals surface area (Å²) in [5.41, 5.74) is 6.48. The van der Waals surface area contributed by atoms with E-state index in [1.165, 1.54) is 0 Å². The molecule has 39 heavy (non-hydrogen) atoms. The van der Waals surface area contributed by atoms with Crippen molar-refractivity contribution in [1.29, 1.82) is 0 Å². The first-order valence-corrected chi connectivity index (χ1v) is 13.9. The number of carboxylic acids is 1. The number of aliphatic carboxylic acids is 1. The zero-order valence-corrected chi connectivity index (χ0v) is 23.0. The lowest BCUT2D eigenvalue weighted by molar-refractivity contribution is -0.144. The Morgan fingerprint density at radius 2 is 2.05 bits per heavy atom. The van der Waals surface area contributed by atoms with Crippen molar-refractivity contribution in [3.05, 3.63) is 36.2 Å². The van der Waals surface area contributed by atoms with Gasteiger partial charge in [-0.2, -0.15) is 5.10 Å². The monoisotopic (exact) mass is 543 g/mol. The molecule has 1 aromatic heterocycles. The molecule has 214 valence electrons. The van der Waals surface area contributed by atoms with Crippen molar-refractivity contribution in [3.8, 4) is 17.2 Å². The first kappa shape index (κ1) is 28.7. The molecule has 2 aromatic rings. The third kappa shape index (κ3) is 6.83. The Labute approximate surface area is 229 Å². The molecule has 0 aliphatic carbocycles. The Bertz CT molecular complexity index is 1090. The van der Waals surface area contributed by atoms with E-state index in [0.29, 0.717) is 56.4 Å². The van der Waals surface area contributed by atoms with Gasteiger partial charge < -0.3 is 30.0 Å². The number of fused-ring (bicyclic) bond motifs is 1. The molecule has 4 rings (SSSR count). The molecule has 0 bridgehead atoms. The highest BCUT2D eigenvalue weighted by Gasteiger charge is 2.47. The number of hydrogen-bond donors (Lipinski definition) is 2. The molecule has 0 unspecified atom stereocenters. The fraction of sp³-hybridized carbons (Fsp3) is 0.607. The van der Waals surface area contributed by atoms with Gasteiger partial charge in [0.25, 0.3) is 0 Å². The number of nitrogens with two attached hydrogens (primary N) is 1. The van der Waals surface area contributed by atoms with Crippen LogP contribution in [0.15, 0.2) is 30.6 Å². The molecule has 3 atom stereocenters. The maximum atomic E-state index is 13.6. The Balaban J connectivity index is 1.61. The minimum Gasteiger partial charge on any atom is -0.493 e. The number of benzene rings is 1. The molecule has 2 aliphatic heterocycles. The van der Waals surface area contributed by atoms with Crippen LogP contribution < -0.4 is 19.9 Å². The Kier molecular flexibility index (Phi) is 10.0. The molecule has 2 aliphatic rings. The number of likely N-dealkylation sites (tertiary alicyclic amines) is 1. The summed E-state index contributed by atoms with van der Waals surface area (Å²) in [6.45, 7) is 5.29. The fourth-order valence-electron chi connectivity index (χ4n) is 5.68. The molecule has 1 fully saturated rings. The maximum absolute atomic E-state index is 13.6. The zero-order valence-electron chi connectivity index (χ0n) is 23.0. The number of nitrogens with zero attached hydrogens (tertiary/aromatic N) is 4. The number of rotatable bonds is 15. The molecule has 0 spiro atoms. The number of methoxy groups -OCH3 is 1. The van der Waals surface area contributed by atoms with E-state index in [0.717, 1.165) is 31.2 Å². The Morgan fingerprint density at radius 3 is 2.74 bits per heavy atom. The maximum Gasteiger partial charge on any atom is 0.308 e. The average Bonchev–Trinajstić information content (AvgIpc) is 3.69. The topological polar surface area (TPSA) is 132 Å². The van der Waals surface area contributed by atoms with Crippen molar-refractivity contribution in [1.82, 2.24) is 19.6 Å². The predicted molar refractivity (Wildman–Crippen MR) is 145 cm³/mol. The number of aryl methyl sites for hydroxylation is 1. The number of aromatic nitrogens is 2. The van der Waals surface area contributed by atoms with Crippen molar-refractivity contribution in [2.45, 2.75) is 57.5 Å². The smallest absolute Gasteiger partial charge is 0.308 e. The molecular weight excluding hydrogens is 502 g/mol. The van der Waals surface area contributed by atoms with Gasteiger partial charge in [0.05, 0.1) is 19.6 Å². The van der Waals surface area contributed by atoms with Crippen molar-refractivity contribution in [3.63, 3.8) is 0 Å². The highest BCUT2D eigenvalue weighted by atomic mass is 16.7. The molecule has 3 N–H and O–H groups in total. The van der Waals surface area contributed by atoms with Crippen LogP contribution in [0.3, 0.4) is 0 Å². The third-order valence-electron chi connectivity index (χ3n) is 7.71. The lowest BCUT2D eigenvalue weighted by Crippen LogP contribution is -2.45. The van der Waals surface area contributed by atoms with Crippen LogP contribution in [0.4, 0.5) is 0 Å². The summed E-state index contributed by atoms with van der Waals surface area (Å²) < 4.78 is 18.5. The minimum absolute atomic E-state index is 0.0256. The standard InChI is InChI=1S/C28H41N5O6/c1-3-4-11-31(12-6-5-9-29)25(34)18-32-17-21(20-15-23(37-2)27-24(16-20)38-19-39-27)26(28(35)36)22(32)8-14-33-13-7-10-30-33/h7,10,13,15-16,21-22,26H,3-6,8-9,11-12,14,17-19,29H2,1-2H3,(H,35,36)/t21-,22+,26-/m1/s1. The van der Waals surface area contributed by atoms with E-state index in [4.69, 9.17) is 19.9 Å². The third-order valence-corrected chi connectivity index (χ3v) is 7.71. The van der Waals surface area contributed by atoms with Crippen LogP contribution >= 0.6 is 0 Å². The predicted octanol–water partition coefficient (Wildman–Crippen LogP) is 2.55. The number of ether oxygens (including phenoxy) is 3. The first-order chi connectivity index (χ1) is 19.0. The van der Waals surface area contributed by atoms with Gasteiger partial charge in [-0.15, -0.1) is 0 Å². The van der Waals surface area contributed by atoms with E-state index in [-0.39, 0.29) is 31.2 Å². The summed E-state index contributed by atoms with van der Waals surface area (Å²) in [5, 5.41) is 14.8. The van der Waals surface area contributed by atoms with Gasteiger partial charge in [-0.25, -0.2) is 0 Å². The first-order valence-electron chi connectivity index (χ1n) is 13.9. The number of carboxylic acid groups (broad SMARTS) is 1. The zero-order chi connectivity index (χ0) is 27.8. The molecule has 0 radical (unpaired) electrons. The van der Waals surface area contributed by atoms with E-state index in [2.05, 4.69) is 12.0 Å². The SMILES string of the molecule is CCCCN(CCCCN)C(=O)CN1C[C@H](c2cc(OC)c3c(c2)OCO3)[C@@H](C(=O)O)[C@@H]1CCn1cccn1. The van der Waals surface area contributed by atoms with Crippen molar-refractivity contribution >= 4 is 11.9 Å². The molecule has 1 saturated heterocycles. The van der Waals surface area contributed by atoms with Gasteiger partial charge in [0.1, 0.15) is 0 Å². The number of carbonyl (C=O) groups excluding carboxylic acids is 1. The number of carbonyl (C=O) groups is 2. The Morgan fingerprint density at radius 1 is 1.23 bits per heavy atom. The second-order valence-electron chi connectivity index (χ2n) is 10.2. The quantitative estimate of drug-likeness (QED) is 0.325. The molecule has 1 aromatic carbocycles. The van der Waals surface area contributed by atoms with E-state index in [1.807, 2.05) is 34.2 Å². The van der Waals surface area contributed by atoms with Crippen LogP contribution in [0, 0.1) is 5.92 Å². The van der Waals surface area contributed by atoms with Gasteiger partial charge in [0, 0.05) is 50.5 Å². The summed E-state index contributed by atoms with van der Waals surface area (Å²) in [7, 11) is 1.55. The highest BCUT2D eigenvalue weighted by Crippen LogP contribution is 2.47. The second-order valence-corrected chi connectivity index (χ2v) is 10.2. The average molecular weight is 544 g/mol. The molecule has 3 heterocycles. The number of hydrogen-bond acceptors (Lipinski definition) is 8. The molecule has 11 nitrogen and oxygen atoms in total. The van der Waals surface area contributed by atoms with Crippen LogP contribution in [-0.2, 0) is 16.1 Å². The Hall–Kier alpha value is -3.31. The molecule has 0 saturated carbocycles. The lowest BCUT2D eigenvalue weighted by Gasteiger charge is -2.29. The lowest BCUT2D eigenvalue weighted by atomic mass is 9.84. The van der Waals surface area contributed by atoms with Gasteiger partial charge in [0.15, 0.2) is 11.5 Å². The molecule has 11 heteroatoms. The molecule has 1 amide bonds. The van der Waals surface area contributed by atoms with Gasteiger partial charge >= 0.3 is 5.97 Å². The summed E-state index contributed by atoms with van der Waals surface area (Å²) in [5.74, 6) is -0.362. The van der Waals surface area contributed by atoms with Gasteiger partial charge in [-0.05, 0) is 56.0 Å². The van der Waals surface area contributed by atoms with Crippen LogP contribution in [0.5, 0.6) is 17.2 Å². The summed E-state index contributed by atoms with van der Waals surface area (Å²) in [6.07, 6.45) is 7.75. The van der Waals surface area contributed by atoms with Gasteiger partial charge in [-0.1, -0.05) is 13.3 Å². The minimum atomic E-state index is -0.886. The van der Waals surface area contributed by atoms with Crippen LogP contribution in [0.2, 0.25) is 0 Å². The van der Waals surface area contributed by atoms with Crippen LogP contribution in [0.25, 0.3) is 0 Å². The van der Waals surface area contributed by atoms with E-state index >= 15 is 0 Å². The van der Waals surface area contributed by atoms with E-state index in [9.17, 15) is 14.7 Å². The fourth-order valence-corrected chi connectivity index (χ4v) is 5.68. The largest absolute Gasteiger partial charge is 0.493 e. The second kappa shape index (κ2) is 13.7. The normalized spacial score (nSPS) is 20.3. The van der Waals surface area contributed by atoms with E-state index in [1.54, 1.807) is 18.0 Å². The summed E-state index contributed by atoms with van der Waals surface area (Å²) in [4.78, 5) is 30.3. The van der Waals surface area contributed by atoms with Gasteiger partial charge in [-0.3, -0.25) is 19.2 Å².